The van der Waals surface area contributed by atoms with Crippen LogP contribution in [0.4, 0.5) is 5.13 Å². The molecule has 1 N–H and O–H groups in total. The third-order valence-corrected chi connectivity index (χ3v) is 2.46. The number of nitrogens with zero attached hydrogens (tertiary/aromatic N) is 3. The molecular formula is C3H4N4O3S2. The highest BCUT2D eigenvalue weighted by molar-refractivity contribution is 7.90. The lowest BCUT2D eigenvalue weighted by atomic mass is 11.2. The van der Waals surface area contributed by atoms with Crippen molar-refractivity contribution in [1.82, 2.24) is 9.36 Å². The zero-order chi connectivity index (χ0) is 9.19. The monoisotopic (exact) mass is 208 g/mol. The fourth-order valence-corrected chi connectivity index (χ4v) is 1.82. The highest BCUT2D eigenvalue weighted by atomic mass is 32.2. The summed E-state index contributed by atoms with van der Waals surface area (Å²) in [5, 5.41) is 2.07. The molecule has 0 radical (unpaired) electrons. The number of nitroso groups, excluding NO2 is 1. The molecule has 9 heteroatoms. The summed E-state index contributed by atoms with van der Waals surface area (Å²) in [6, 6.07) is 0. The van der Waals surface area contributed by atoms with Crippen LogP contribution < -0.4 is 5.43 Å². The first-order valence-corrected chi connectivity index (χ1v) is 5.32. The van der Waals surface area contributed by atoms with Gasteiger partial charge in [0.05, 0.1) is 5.29 Å². The van der Waals surface area contributed by atoms with E-state index in [1.165, 1.54) is 0 Å². The minimum Gasteiger partial charge on any atom is -0.221 e. The molecule has 0 fully saturated rings. The zero-order valence-electron chi connectivity index (χ0n) is 5.88. The lowest BCUT2D eigenvalue weighted by Crippen LogP contribution is -1.99. The Balaban J connectivity index is 2.99. The number of anilines is 1. The normalized spacial score (nSPS) is 11.1. The lowest BCUT2D eigenvalue weighted by molar-refractivity contribution is 0.595. The summed E-state index contributed by atoms with van der Waals surface area (Å²) in [7, 11) is -3.40. The van der Waals surface area contributed by atoms with Crippen molar-refractivity contribution in [2.45, 2.75) is 5.16 Å². The predicted octanol–water partition coefficient (Wildman–Crippen LogP) is 0.0349. The van der Waals surface area contributed by atoms with Gasteiger partial charge in [0.1, 0.15) is 0 Å². The summed E-state index contributed by atoms with van der Waals surface area (Å²) >= 11 is 0.756. The molecule has 0 aromatic carbocycles. The van der Waals surface area contributed by atoms with E-state index in [0.29, 0.717) is 0 Å². The molecule has 0 aliphatic heterocycles. The van der Waals surface area contributed by atoms with E-state index in [9.17, 15) is 13.3 Å². The summed E-state index contributed by atoms with van der Waals surface area (Å²) in [6.07, 6.45) is 0.979. The molecule has 12 heavy (non-hydrogen) atoms. The number of sulfone groups is 1. The lowest BCUT2D eigenvalue weighted by Gasteiger charge is -1.85. The van der Waals surface area contributed by atoms with Gasteiger partial charge in [-0.05, 0) is 0 Å². The second kappa shape index (κ2) is 3.11. The van der Waals surface area contributed by atoms with Gasteiger partial charge in [-0.25, -0.2) is 13.8 Å². The van der Waals surface area contributed by atoms with Gasteiger partial charge in [-0.1, -0.05) is 0 Å². The highest BCUT2D eigenvalue weighted by Gasteiger charge is 2.13. The van der Waals surface area contributed by atoms with Gasteiger partial charge < -0.3 is 0 Å². The van der Waals surface area contributed by atoms with Crippen LogP contribution in [0.1, 0.15) is 0 Å². The van der Waals surface area contributed by atoms with E-state index >= 15 is 0 Å². The predicted molar refractivity (Wildman–Crippen MR) is 42.4 cm³/mol. The van der Waals surface area contributed by atoms with Crippen molar-refractivity contribution in [2.24, 2.45) is 5.29 Å². The Morgan fingerprint density at radius 2 is 2.25 bits per heavy atom. The summed E-state index contributed by atoms with van der Waals surface area (Å²) in [6.45, 7) is 0. The molecule has 1 heterocycles. The van der Waals surface area contributed by atoms with Crippen LogP contribution in [0.15, 0.2) is 10.4 Å². The molecule has 0 unspecified atom stereocenters. The summed E-state index contributed by atoms with van der Waals surface area (Å²) in [5.74, 6) is 0. The molecule has 0 aliphatic carbocycles. The van der Waals surface area contributed by atoms with Crippen molar-refractivity contribution in [3.05, 3.63) is 4.91 Å². The quantitative estimate of drug-likeness (QED) is 0.555. The molecule has 0 bridgehead atoms. The third-order valence-electron chi connectivity index (χ3n) is 0.880. The Kier molecular flexibility index (Phi) is 2.33. The molecule has 0 atom stereocenters. The van der Waals surface area contributed by atoms with Gasteiger partial charge in [0.25, 0.3) is 5.16 Å². The molecule has 0 saturated carbocycles. The average molecular weight is 208 g/mol. The Bertz CT molecular complexity index is 382. The first-order valence-electron chi connectivity index (χ1n) is 2.66. The second-order valence-corrected chi connectivity index (χ2v) is 4.52. The first-order chi connectivity index (χ1) is 5.54. The Morgan fingerprint density at radius 3 is 2.67 bits per heavy atom. The van der Waals surface area contributed by atoms with Crippen LogP contribution in [0.3, 0.4) is 0 Å². The minimum absolute atomic E-state index is 0.0606. The molecule has 0 spiro atoms. The SMILES string of the molecule is CS(=O)(=O)c1nsc(NN=O)n1. The standard InChI is InChI=1S/C3H4N4O3S2/c1-12(9,10)3-4-2(5-7-8)11-6-3/h1H3,(H,4,5,6,8). The number of aromatic nitrogens is 2. The van der Waals surface area contributed by atoms with Crippen LogP contribution in [0, 0.1) is 4.91 Å². The maximum Gasteiger partial charge on any atom is 0.260 e. The van der Waals surface area contributed by atoms with Crippen molar-refractivity contribution >= 4 is 26.5 Å². The fraction of sp³-hybridized carbons (Fsp3) is 0.333. The van der Waals surface area contributed by atoms with Gasteiger partial charge in [0.15, 0.2) is 0 Å². The van der Waals surface area contributed by atoms with Gasteiger partial charge in [0.2, 0.25) is 15.0 Å². The van der Waals surface area contributed by atoms with Gasteiger partial charge in [-0.15, -0.1) is 4.91 Å². The Labute approximate surface area is 71.9 Å². The van der Waals surface area contributed by atoms with E-state index in [0.717, 1.165) is 17.8 Å². The number of rotatable bonds is 3. The van der Waals surface area contributed by atoms with Crippen LogP contribution in [0.5, 0.6) is 0 Å². The van der Waals surface area contributed by atoms with Gasteiger partial charge >= 0.3 is 0 Å². The number of hydrogen-bond acceptors (Lipinski definition) is 7. The molecule has 1 rings (SSSR count). The van der Waals surface area contributed by atoms with E-state index in [-0.39, 0.29) is 10.3 Å². The van der Waals surface area contributed by atoms with Gasteiger partial charge in [-0.3, -0.25) is 0 Å². The maximum absolute atomic E-state index is 10.8. The maximum atomic E-state index is 10.8. The topological polar surface area (TPSA) is 101 Å². The van der Waals surface area contributed by atoms with Crippen molar-refractivity contribution in [3.8, 4) is 0 Å². The van der Waals surface area contributed by atoms with Crippen LogP contribution in [0.2, 0.25) is 0 Å². The summed E-state index contributed by atoms with van der Waals surface area (Å²) in [4.78, 5) is 13.1. The summed E-state index contributed by atoms with van der Waals surface area (Å²) < 4.78 is 25.1. The molecule has 0 saturated heterocycles. The van der Waals surface area contributed by atoms with Crippen LogP contribution in [0.25, 0.3) is 0 Å². The van der Waals surface area contributed by atoms with Gasteiger partial charge in [-0.2, -0.15) is 9.36 Å². The number of hydrogen-bond donors (Lipinski definition) is 1. The third kappa shape index (κ3) is 1.95. The molecular weight excluding hydrogens is 204 g/mol. The first kappa shape index (κ1) is 9.00. The van der Waals surface area contributed by atoms with E-state index in [1.54, 1.807) is 0 Å². The fourth-order valence-electron chi connectivity index (χ4n) is 0.445. The largest absolute Gasteiger partial charge is 0.260 e. The molecule has 0 aliphatic rings. The minimum atomic E-state index is -3.40. The molecule has 1 aromatic heterocycles. The van der Waals surface area contributed by atoms with Crippen LogP contribution in [-0.4, -0.2) is 24.0 Å². The number of nitrogens with one attached hydrogen (secondary N) is 1. The van der Waals surface area contributed by atoms with Crippen LogP contribution in [-0.2, 0) is 9.84 Å². The average Bonchev–Trinajstić information content (AvgIpc) is 2.35. The molecule has 0 amide bonds. The van der Waals surface area contributed by atoms with Crippen molar-refractivity contribution in [1.29, 1.82) is 0 Å². The smallest absolute Gasteiger partial charge is 0.221 e. The molecule has 7 nitrogen and oxygen atoms in total. The highest BCUT2D eigenvalue weighted by Crippen LogP contribution is 2.13. The van der Waals surface area contributed by atoms with Crippen molar-refractivity contribution in [2.75, 3.05) is 11.7 Å². The Hall–Kier alpha value is -1.09. The molecule has 1 aromatic rings. The zero-order valence-corrected chi connectivity index (χ0v) is 7.52. The van der Waals surface area contributed by atoms with Crippen molar-refractivity contribution < 1.29 is 8.42 Å². The van der Waals surface area contributed by atoms with E-state index in [4.69, 9.17) is 0 Å². The van der Waals surface area contributed by atoms with Crippen LogP contribution >= 0.6 is 11.5 Å². The Morgan fingerprint density at radius 1 is 1.58 bits per heavy atom. The van der Waals surface area contributed by atoms with Gasteiger partial charge in [0, 0.05) is 17.8 Å². The second-order valence-electron chi connectivity index (χ2n) is 1.86. The van der Waals surface area contributed by atoms with Crippen molar-refractivity contribution in [3.63, 3.8) is 0 Å². The van der Waals surface area contributed by atoms with E-state index < -0.39 is 9.84 Å². The van der Waals surface area contributed by atoms with E-state index in [2.05, 4.69) is 14.6 Å². The summed E-state index contributed by atoms with van der Waals surface area (Å²) in [5.41, 5.74) is 1.95. The van der Waals surface area contributed by atoms with E-state index in [1.807, 2.05) is 5.43 Å². The molecule has 66 valence electrons.